The van der Waals surface area contributed by atoms with Crippen LogP contribution in [-0.2, 0) is 27.7 Å². The highest BCUT2D eigenvalue weighted by molar-refractivity contribution is 7.89. The van der Waals surface area contributed by atoms with Crippen molar-refractivity contribution in [1.29, 1.82) is 0 Å². The van der Waals surface area contributed by atoms with E-state index >= 15 is 0 Å². The Hall–Kier alpha value is -1.89. The maximum absolute atomic E-state index is 12.4. The molecule has 4 rings (SSSR count). The number of hydrogen-bond donors (Lipinski definition) is 2. The van der Waals surface area contributed by atoms with Gasteiger partial charge in [0.25, 0.3) is 0 Å². The smallest absolute Gasteiger partial charge is 0.240 e. The van der Waals surface area contributed by atoms with Crippen molar-refractivity contribution in [3.8, 4) is 0 Å². The van der Waals surface area contributed by atoms with Crippen LogP contribution in [0.5, 0.6) is 0 Å². The number of carbonyl (C=O) groups is 1. The van der Waals surface area contributed by atoms with Gasteiger partial charge in [-0.3, -0.25) is 4.79 Å². The predicted molar refractivity (Wildman–Crippen MR) is 109 cm³/mol. The Morgan fingerprint density at radius 2 is 1.82 bits per heavy atom. The Morgan fingerprint density at radius 3 is 2.54 bits per heavy atom. The van der Waals surface area contributed by atoms with Crippen LogP contribution in [0.4, 0.5) is 0 Å². The molecule has 2 aromatic rings. The Labute approximate surface area is 170 Å². The number of nitrogens with one attached hydrogen (secondary N) is 2. The molecule has 1 fully saturated rings. The van der Waals surface area contributed by atoms with Crippen molar-refractivity contribution in [3.05, 3.63) is 64.2 Å². The van der Waals surface area contributed by atoms with Crippen molar-refractivity contribution in [2.45, 2.75) is 55.5 Å². The van der Waals surface area contributed by atoms with Gasteiger partial charge in [0, 0.05) is 17.5 Å². The van der Waals surface area contributed by atoms with E-state index < -0.39 is 10.0 Å². The molecule has 5 nitrogen and oxygen atoms in total. The molecule has 2 N–H and O–H groups in total. The van der Waals surface area contributed by atoms with E-state index in [0.29, 0.717) is 12.8 Å². The number of sulfonamides is 1. The van der Waals surface area contributed by atoms with Crippen LogP contribution in [0, 0.1) is 0 Å². The van der Waals surface area contributed by atoms with E-state index in [1.165, 1.54) is 5.56 Å². The Balaban J connectivity index is 1.31. The number of halogens is 1. The molecule has 0 radical (unpaired) electrons. The van der Waals surface area contributed by atoms with E-state index in [4.69, 9.17) is 11.6 Å². The molecule has 0 aromatic heterocycles. The summed E-state index contributed by atoms with van der Waals surface area (Å²) in [5.74, 6) is -0.0000943. The molecule has 2 aromatic carbocycles. The summed E-state index contributed by atoms with van der Waals surface area (Å²) in [6, 6.07) is 12.7. The van der Waals surface area contributed by atoms with Crippen molar-refractivity contribution >= 4 is 27.5 Å². The van der Waals surface area contributed by atoms with Gasteiger partial charge in [0.15, 0.2) is 0 Å². The number of benzene rings is 2. The van der Waals surface area contributed by atoms with Gasteiger partial charge in [0.05, 0.1) is 10.9 Å². The minimum Gasteiger partial charge on any atom is -0.349 e. The molecule has 1 amide bonds. The second kappa shape index (κ2) is 7.85. The predicted octanol–water partition coefficient (Wildman–Crippen LogP) is 3.52. The van der Waals surface area contributed by atoms with Crippen LogP contribution in [0.2, 0.25) is 5.02 Å². The topological polar surface area (TPSA) is 75.3 Å². The minimum absolute atomic E-state index is 0.0000943. The average Bonchev–Trinajstić information content (AvgIpc) is 3.39. The van der Waals surface area contributed by atoms with Crippen LogP contribution >= 0.6 is 11.6 Å². The molecule has 1 unspecified atom stereocenters. The lowest BCUT2D eigenvalue weighted by Gasteiger charge is -2.14. The Kier molecular flexibility index (Phi) is 5.45. The van der Waals surface area contributed by atoms with Crippen LogP contribution in [0.25, 0.3) is 0 Å². The molecule has 7 heteroatoms. The first kappa shape index (κ1) is 19.4. The third-order valence-corrected chi connectivity index (χ3v) is 7.06. The summed E-state index contributed by atoms with van der Waals surface area (Å²) < 4.78 is 27.1. The molecule has 1 saturated carbocycles. The molecule has 0 heterocycles. The van der Waals surface area contributed by atoms with E-state index in [1.54, 1.807) is 24.3 Å². The lowest BCUT2D eigenvalue weighted by Crippen LogP contribution is -2.27. The second-order valence-electron chi connectivity index (χ2n) is 7.54. The van der Waals surface area contributed by atoms with Gasteiger partial charge in [0.1, 0.15) is 0 Å². The van der Waals surface area contributed by atoms with Crippen LogP contribution in [0.3, 0.4) is 0 Å². The summed E-state index contributed by atoms with van der Waals surface area (Å²) in [6.45, 7) is 0. The lowest BCUT2D eigenvalue weighted by atomic mass is 10.1. The molecule has 0 bridgehead atoms. The van der Waals surface area contributed by atoms with Gasteiger partial charge in [0.2, 0.25) is 15.9 Å². The monoisotopic (exact) mass is 418 g/mol. The van der Waals surface area contributed by atoms with Gasteiger partial charge in [-0.25, -0.2) is 13.1 Å². The summed E-state index contributed by atoms with van der Waals surface area (Å²) in [5.41, 5.74) is 3.30. The fraction of sp³-hybridized carbons (Fsp3) is 0.381. The van der Waals surface area contributed by atoms with Crippen LogP contribution in [0.1, 0.15) is 48.4 Å². The zero-order valence-corrected chi connectivity index (χ0v) is 17.0. The zero-order chi connectivity index (χ0) is 19.7. The third kappa shape index (κ3) is 4.57. The van der Waals surface area contributed by atoms with Gasteiger partial charge >= 0.3 is 0 Å². The van der Waals surface area contributed by atoms with E-state index in [1.807, 2.05) is 18.2 Å². The first-order chi connectivity index (χ1) is 13.4. The summed E-state index contributed by atoms with van der Waals surface area (Å²) >= 11 is 6.03. The molecule has 2 aliphatic carbocycles. The summed E-state index contributed by atoms with van der Waals surface area (Å²) in [4.78, 5) is 12.6. The average molecular weight is 419 g/mol. The molecule has 0 saturated heterocycles. The van der Waals surface area contributed by atoms with Gasteiger partial charge in [-0.1, -0.05) is 29.8 Å². The normalized spacial score (nSPS) is 18.7. The second-order valence-corrected chi connectivity index (χ2v) is 9.69. The summed E-state index contributed by atoms with van der Waals surface area (Å²) in [5, 5.41) is 3.83. The number of hydrogen-bond acceptors (Lipinski definition) is 3. The highest BCUT2D eigenvalue weighted by Crippen LogP contribution is 2.32. The fourth-order valence-corrected chi connectivity index (χ4v) is 5.08. The maximum atomic E-state index is 12.4. The van der Waals surface area contributed by atoms with Crippen LogP contribution in [0.15, 0.2) is 47.4 Å². The first-order valence-electron chi connectivity index (χ1n) is 9.60. The van der Waals surface area contributed by atoms with Crippen LogP contribution < -0.4 is 10.0 Å². The minimum atomic E-state index is -3.43. The van der Waals surface area contributed by atoms with E-state index in [9.17, 15) is 13.2 Å². The maximum Gasteiger partial charge on any atom is 0.240 e. The number of fused-ring (bicyclic) bond motifs is 1. The quantitative estimate of drug-likeness (QED) is 0.722. The molecular formula is C21H23ClN2O3S. The van der Waals surface area contributed by atoms with Crippen molar-refractivity contribution in [2.75, 3.05) is 0 Å². The van der Waals surface area contributed by atoms with E-state index in [0.717, 1.165) is 41.8 Å². The van der Waals surface area contributed by atoms with Crippen molar-refractivity contribution in [2.24, 2.45) is 0 Å². The molecule has 0 spiro atoms. The fourth-order valence-electron chi connectivity index (χ4n) is 3.58. The van der Waals surface area contributed by atoms with Gasteiger partial charge in [-0.05, 0) is 73.1 Å². The third-order valence-electron chi connectivity index (χ3n) is 5.29. The highest BCUT2D eigenvalue weighted by Gasteiger charge is 2.28. The Morgan fingerprint density at radius 1 is 1.07 bits per heavy atom. The number of carbonyl (C=O) groups excluding carboxylic acids is 1. The number of aryl methyl sites for hydroxylation is 2. The molecule has 2 aliphatic rings. The van der Waals surface area contributed by atoms with Crippen LogP contribution in [-0.4, -0.2) is 20.4 Å². The van der Waals surface area contributed by atoms with Gasteiger partial charge in [-0.2, -0.15) is 0 Å². The van der Waals surface area contributed by atoms with Crippen molar-refractivity contribution < 1.29 is 13.2 Å². The van der Waals surface area contributed by atoms with E-state index in [-0.39, 0.29) is 22.9 Å². The molecule has 0 aliphatic heterocycles. The summed E-state index contributed by atoms with van der Waals surface area (Å²) in [7, 11) is -3.43. The SMILES string of the molecule is O=C(CCc1ccc(S(=O)(=O)NC2CC2)cc1)NC1CCc2cc(Cl)ccc21. The van der Waals surface area contributed by atoms with Gasteiger partial charge < -0.3 is 5.32 Å². The highest BCUT2D eigenvalue weighted by atomic mass is 35.5. The zero-order valence-electron chi connectivity index (χ0n) is 15.4. The van der Waals surface area contributed by atoms with Crippen molar-refractivity contribution in [3.63, 3.8) is 0 Å². The molecular weight excluding hydrogens is 396 g/mol. The molecule has 148 valence electrons. The Bertz CT molecular complexity index is 985. The van der Waals surface area contributed by atoms with Crippen molar-refractivity contribution in [1.82, 2.24) is 10.0 Å². The largest absolute Gasteiger partial charge is 0.349 e. The molecule has 1 atom stereocenters. The first-order valence-corrected chi connectivity index (χ1v) is 11.5. The standard InChI is InChI=1S/C21H23ClN2O3S/c22-16-5-10-19-15(13-16)4-11-20(19)23-21(25)12-3-14-1-8-18(9-2-14)28(26,27)24-17-6-7-17/h1-2,5,8-10,13,17,20,24H,3-4,6-7,11-12H2,(H,23,25). The number of amides is 1. The lowest BCUT2D eigenvalue weighted by molar-refractivity contribution is -0.121. The summed E-state index contributed by atoms with van der Waals surface area (Å²) in [6.07, 6.45) is 4.57. The van der Waals surface area contributed by atoms with Gasteiger partial charge in [-0.15, -0.1) is 0 Å². The molecule has 28 heavy (non-hydrogen) atoms. The number of rotatable bonds is 7. The van der Waals surface area contributed by atoms with E-state index in [2.05, 4.69) is 10.0 Å².